The summed E-state index contributed by atoms with van der Waals surface area (Å²) in [5, 5.41) is 1.86. The van der Waals surface area contributed by atoms with E-state index in [-0.39, 0.29) is 5.97 Å². The van der Waals surface area contributed by atoms with Crippen molar-refractivity contribution in [3.8, 4) is 0 Å². The molecule has 0 aromatic carbocycles. The zero-order chi connectivity index (χ0) is 12.1. The number of hydrogen-bond acceptors (Lipinski definition) is 5. The zero-order valence-corrected chi connectivity index (χ0v) is 10.3. The molecule has 0 saturated heterocycles. The Bertz CT molecular complexity index is 447. The number of hydrogen-bond donors (Lipinski definition) is 1. The number of nitrogens with zero attached hydrogens (tertiary/aromatic N) is 1. The van der Waals surface area contributed by atoms with Gasteiger partial charge in [-0.1, -0.05) is 0 Å². The first-order chi connectivity index (χ1) is 7.63. The summed E-state index contributed by atoms with van der Waals surface area (Å²) >= 11 is 1.33. The van der Waals surface area contributed by atoms with Crippen LogP contribution in [0, 0.1) is 0 Å². The molecular weight excluding hydrogens is 224 g/mol. The Hall–Kier alpha value is -1.62. The van der Waals surface area contributed by atoms with Crippen molar-refractivity contribution < 1.29 is 9.53 Å². The minimum absolute atomic E-state index is 0.332. The van der Waals surface area contributed by atoms with Crippen LogP contribution in [0.3, 0.4) is 0 Å². The second kappa shape index (κ2) is 5.46. The Morgan fingerprint density at radius 2 is 2.31 bits per heavy atom. The first kappa shape index (κ1) is 12.4. The van der Waals surface area contributed by atoms with Crippen molar-refractivity contribution in [3.63, 3.8) is 0 Å². The average molecular weight is 238 g/mol. The number of allylic oxidation sites excluding steroid dienone is 1. The summed E-state index contributed by atoms with van der Waals surface area (Å²) in [5.74, 6) is -0.332. The minimum Gasteiger partial charge on any atom is -0.465 e. The number of carbonyl (C=O) groups is 1. The third kappa shape index (κ3) is 2.49. The van der Waals surface area contributed by atoms with Gasteiger partial charge in [0.2, 0.25) is 0 Å². The fourth-order valence-corrected chi connectivity index (χ4v) is 2.09. The second-order valence-corrected chi connectivity index (χ2v) is 4.02. The third-order valence-corrected chi connectivity index (χ3v) is 3.02. The molecule has 0 radical (unpaired) electrons. The molecule has 1 rings (SSSR count). The van der Waals surface area contributed by atoms with E-state index in [2.05, 4.69) is 9.73 Å². The number of nitrogens with two attached hydrogens (primary N) is 1. The summed E-state index contributed by atoms with van der Waals surface area (Å²) in [6.07, 6.45) is 1.50. The quantitative estimate of drug-likeness (QED) is 0.645. The highest BCUT2D eigenvalue weighted by Gasteiger charge is 2.12. The van der Waals surface area contributed by atoms with Crippen LogP contribution >= 0.6 is 11.3 Å². The molecule has 2 N–H and O–H groups in total. The SMILES string of the molecule is CN=C(C(C)=CN)c1csc(C(=O)OC)c1. The Balaban J connectivity index is 3.06. The van der Waals surface area contributed by atoms with Crippen molar-refractivity contribution >= 4 is 23.0 Å². The number of rotatable bonds is 3. The first-order valence-corrected chi connectivity index (χ1v) is 5.54. The molecular formula is C11H14N2O2S. The van der Waals surface area contributed by atoms with E-state index in [0.29, 0.717) is 4.88 Å². The normalized spacial score (nSPS) is 12.7. The van der Waals surface area contributed by atoms with E-state index in [4.69, 9.17) is 5.73 Å². The number of methoxy groups -OCH3 is 1. The number of thiophene rings is 1. The van der Waals surface area contributed by atoms with Crippen LogP contribution in [0.25, 0.3) is 0 Å². The van der Waals surface area contributed by atoms with Gasteiger partial charge in [-0.3, -0.25) is 4.99 Å². The van der Waals surface area contributed by atoms with Crippen LogP contribution in [0.2, 0.25) is 0 Å². The third-order valence-electron chi connectivity index (χ3n) is 2.11. The van der Waals surface area contributed by atoms with Crippen molar-refractivity contribution in [1.82, 2.24) is 0 Å². The van der Waals surface area contributed by atoms with Gasteiger partial charge in [-0.2, -0.15) is 0 Å². The van der Waals surface area contributed by atoms with Crippen LogP contribution in [0.5, 0.6) is 0 Å². The molecule has 5 heteroatoms. The van der Waals surface area contributed by atoms with E-state index in [9.17, 15) is 4.79 Å². The van der Waals surface area contributed by atoms with Gasteiger partial charge in [-0.05, 0) is 24.8 Å². The molecule has 0 atom stereocenters. The number of carbonyl (C=O) groups excluding carboxylic acids is 1. The molecule has 0 amide bonds. The number of esters is 1. The lowest BCUT2D eigenvalue weighted by Crippen LogP contribution is -2.04. The maximum absolute atomic E-state index is 11.3. The fraction of sp³-hybridized carbons (Fsp3) is 0.273. The lowest BCUT2D eigenvalue weighted by Gasteiger charge is -2.01. The Labute approximate surface area is 98.4 Å². The molecule has 86 valence electrons. The molecule has 0 bridgehead atoms. The van der Waals surface area contributed by atoms with E-state index in [1.165, 1.54) is 24.6 Å². The molecule has 16 heavy (non-hydrogen) atoms. The smallest absolute Gasteiger partial charge is 0.348 e. The van der Waals surface area contributed by atoms with Crippen LogP contribution in [0.1, 0.15) is 22.2 Å². The summed E-state index contributed by atoms with van der Waals surface area (Å²) in [6.45, 7) is 1.87. The predicted octanol–water partition coefficient (Wildman–Crippen LogP) is 1.82. The highest BCUT2D eigenvalue weighted by atomic mass is 32.1. The lowest BCUT2D eigenvalue weighted by atomic mass is 10.1. The molecule has 0 aliphatic heterocycles. The average Bonchev–Trinajstić information content (AvgIpc) is 2.78. The molecule has 1 aromatic rings. The van der Waals surface area contributed by atoms with E-state index in [1.807, 2.05) is 12.3 Å². The number of aliphatic imine (C=N–C) groups is 1. The minimum atomic E-state index is -0.332. The summed E-state index contributed by atoms with van der Waals surface area (Å²) in [4.78, 5) is 16.0. The van der Waals surface area contributed by atoms with E-state index >= 15 is 0 Å². The first-order valence-electron chi connectivity index (χ1n) is 4.67. The van der Waals surface area contributed by atoms with Crippen LogP contribution < -0.4 is 5.73 Å². The lowest BCUT2D eigenvalue weighted by molar-refractivity contribution is 0.0606. The zero-order valence-electron chi connectivity index (χ0n) is 9.48. The second-order valence-electron chi connectivity index (χ2n) is 3.11. The predicted molar refractivity (Wildman–Crippen MR) is 66.1 cm³/mol. The van der Waals surface area contributed by atoms with Crippen LogP contribution in [0.15, 0.2) is 28.2 Å². The van der Waals surface area contributed by atoms with E-state index < -0.39 is 0 Å². The van der Waals surface area contributed by atoms with Gasteiger partial charge in [-0.15, -0.1) is 11.3 Å². The molecule has 4 nitrogen and oxygen atoms in total. The Morgan fingerprint density at radius 1 is 1.62 bits per heavy atom. The highest BCUT2D eigenvalue weighted by molar-refractivity contribution is 7.12. The van der Waals surface area contributed by atoms with Gasteiger partial charge in [-0.25, -0.2) is 4.79 Å². The van der Waals surface area contributed by atoms with Gasteiger partial charge in [0.1, 0.15) is 4.88 Å². The van der Waals surface area contributed by atoms with Crippen molar-refractivity contribution in [2.45, 2.75) is 6.92 Å². The van der Waals surface area contributed by atoms with Crippen molar-refractivity contribution in [2.24, 2.45) is 10.7 Å². The highest BCUT2D eigenvalue weighted by Crippen LogP contribution is 2.18. The summed E-state index contributed by atoms with van der Waals surface area (Å²) in [5.41, 5.74) is 7.99. The monoisotopic (exact) mass is 238 g/mol. The van der Waals surface area contributed by atoms with Gasteiger partial charge in [0, 0.05) is 18.0 Å². The summed E-state index contributed by atoms with van der Waals surface area (Å²) in [6, 6.07) is 1.76. The standard InChI is InChI=1S/C11H14N2O2S/c1-7(5-12)10(13-2)8-4-9(16-6-8)11(14)15-3/h4-6H,12H2,1-3H3. The van der Waals surface area contributed by atoms with Crippen LogP contribution in [0.4, 0.5) is 0 Å². The largest absolute Gasteiger partial charge is 0.465 e. The van der Waals surface area contributed by atoms with Gasteiger partial charge >= 0.3 is 5.97 Å². The van der Waals surface area contributed by atoms with Crippen LogP contribution in [-0.2, 0) is 4.74 Å². The molecule has 0 fully saturated rings. The fourth-order valence-electron chi connectivity index (χ4n) is 1.28. The Kier molecular flexibility index (Phi) is 4.25. The van der Waals surface area contributed by atoms with Crippen molar-refractivity contribution in [3.05, 3.63) is 33.7 Å². The molecule has 0 aliphatic carbocycles. The topological polar surface area (TPSA) is 64.7 Å². The Morgan fingerprint density at radius 3 is 2.81 bits per heavy atom. The van der Waals surface area contributed by atoms with Gasteiger partial charge in [0.15, 0.2) is 0 Å². The molecule has 1 aromatic heterocycles. The maximum Gasteiger partial charge on any atom is 0.348 e. The molecule has 0 unspecified atom stereocenters. The summed E-state index contributed by atoms with van der Waals surface area (Å²) in [7, 11) is 3.05. The van der Waals surface area contributed by atoms with Crippen molar-refractivity contribution in [2.75, 3.05) is 14.2 Å². The molecule has 0 spiro atoms. The molecule has 0 saturated carbocycles. The molecule has 0 aliphatic rings. The van der Waals surface area contributed by atoms with Crippen molar-refractivity contribution in [1.29, 1.82) is 0 Å². The van der Waals surface area contributed by atoms with Gasteiger partial charge < -0.3 is 10.5 Å². The van der Waals surface area contributed by atoms with Gasteiger partial charge in [0.25, 0.3) is 0 Å². The van der Waals surface area contributed by atoms with E-state index in [1.54, 1.807) is 13.1 Å². The summed E-state index contributed by atoms with van der Waals surface area (Å²) < 4.78 is 4.64. The van der Waals surface area contributed by atoms with E-state index in [0.717, 1.165) is 16.8 Å². The van der Waals surface area contributed by atoms with Crippen LogP contribution in [-0.4, -0.2) is 25.8 Å². The maximum atomic E-state index is 11.3. The number of ether oxygens (including phenoxy) is 1. The molecule has 1 heterocycles. The van der Waals surface area contributed by atoms with Gasteiger partial charge in [0.05, 0.1) is 12.8 Å².